The molecule has 0 radical (unpaired) electrons. The number of aliphatic hydroxyl groups is 1. The van der Waals surface area contributed by atoms with Crippen LogP contribution < -0.4 is 20.1 Å². The van der Waals surface area contributed by atoms with Crippen LogP contribution in [0.2, 0.25) is 0 Å². The van der Waals surface area contributed by atoms with Gasteiger partial charge in [-0.2, -0.15) is 0 Å². The molecule has 3 N–H and O–H groups in total. The molecule has 2 aliphatic heterocycles. The highest BCUT2D eigenvalue weighted by atomic mass is 16.6. The van der Waals surface area contributed by atoms with Gasteiger partial charge in [0.1, 0.15) is 23.7 Å². The zero-order chi connectivity index (χ0) is 26.5. The van der Waals surface area contributed by atoms with Gasteiger partial charge >= 0.3 is 0 Å². The molecule has 0 spiro atoms. The minimum atomic E-state index is -0.558. The van der Waals surface area contributed by atoms with Gasteiger partial charge in [0.25, 0.3) is 0 Å². The van der Waals surface area contributed by atoms with E-state index in [2.05, 4.69) is 15.6 Å². The van der Waals surface area contributed by atoms with E-state index in [1.54, 1.807) is 25.6 Å². The zero-order valence-electron chi connectivity index (χ0n) is 21.1. The molecule has 9 nitrogen and oxygen atoms in total. The number of hydrogen-bond acceptors (Lipinski definition) is 7. The maximum absolute atomic E-state index is 12.8. The molecule has 1 aromatic heterocycles. The monoisotopic (exact) mass is 517 g/mol. The Morgan fingerprint density at radius 3 is 2.71 bits per heavy atom. The molecular weight excluding hydrogens is 486 g/mol. The summed E-state index contributed by atoms with van der Waals surface area (Å²) in [6, 6.07) is 16.7. The van der Waals surface area contributed by atoms with Crippen molar-refractivity contribution in [3.63, 3.8) is 0 Å². The van der Waals surface area contributed by atoms with Crippen molar-refractivity contribution in [2.45, 2.75) is 50.0 Å². The van der Waals surface area contributed by atoms with Gasteiger partial charge in [0.05, 0.1) is 32.7 Å². The molecule has 0 unspecified atom stereocenters. The van der Waals surface area contributed by atoms with Crippen LogP contribution in [0.15, 0.2) is 67.0 Å². The summed E-state index contributed by atoms with van der Waals surface area (Å²) in [6.45, 7) is 0.129. The van der Waals surface area contributed by atoms with E-state index in [1.165, 1.54) is 0 Å². The average Bonchev–Trinajstić information content (AvgIpc) is 3.30. The first-order valence-corrected chi connectivity index (χ1v) is 12.7. The molecule has 4 atom stereocenters. The topological polar surface area (TPSA) is 119 Å². The molecule has 198 valence electrons. The summed E-state index contributed by atoms with van der Waals surface area (Å²) in [7, 11) is 1.60. The van der Waals surface area contributed by atoms with Gasteiger partial charge in [-0.1, -0.05) is 18.2 Å². The largest absolute Gasteiger partial charge is 0.496 e. The minimum Gasteiger partial charge on any atom is -0.496 e. The van der Waals surface area contributed by atoms with Crippen molar-refractivity contribution >= 4 is 17.5 Å². The average molecular weight is 518 g/mol. The Bertz CT molecular complexity index is 1280. The molecule has 0 saturated carbocycles. The number of fused-ring (bicyclic) bond motifs is 3. The number of carbonyl (C=O) groups is 2. The molecule has 1 saturated heterocycles. The second kappa shape index (κ2) is 11.6. The van der Waals surface area contributed by atoms with Gasteiger partial charge in [0, 0.05) is 41.7 Å². The van der Waals surface area contributed by atoms with E-state index in [9.17, 15) is 14.7 Å². The van der Waals surface area contributed by atoms with E-state index in [-0.39, 0.29) is 49.4 Å². The van der Waals surface area contributed by atoms with Crippen molar-refractivity contribution in [3.05, 3.63) is 83.7 Å². The Morgan fingerprint density at radius 2 is 1.92 bits per heavy atom. The Balaban J connectivity index is 1.23. The van der Waals surface area contributed by atoms with E-state index in [1.807, 2.05) is 48.5 Å². The van der Waals surface area contributed by atoms with Gasteiger partial charge in [-0.25, -0.2) is 0 Å². The molecule has 0 aliphatic carbocycles. The van der Waals surface area contributed by atoms with E-state index < -0.39 is 6.10 Å². The SMILES string of the molecule is COc1ccccc1CNC(=O)C[C@H]1C[C@H]2c3cc(NC(=O)Cc4ccncc4)ccc3O[C@H]2[C@H](CO)O1. The van der Waals surface area contributed by atoms with Crippen LogP contribution in [0.5, 0.6) is 11.5 Å². The lowest BCUT2D eigenvalue weighted by Crippen LogP contribution is -2.47. The number of ether oxygens (including phenoxy) is 3. The van der Waals surface area contributed by atoms with Gasteiger partial charge in [-0.3, -0.25) is 14.6 Å². The molecule has 1 fully saturated rings. The van der Waals surface area contributed by atoms with E-state index in [0.29, 0.717) is 30.2 Å². The Hall–Kier alpha value is -3.95. The van der Waals surface area contributed by atoms with E-state index in [4.69, 9.17) is 14.2 Å². The molecule has 5 rings (SSSR count). The van der Waals surface area contributed by atoms with Crippen LogP contribution in [0, 0.1) is 0 Å². The number of benzene rings is 2. The van der Waals surface area contributed by atoms with Crippen molar-refractivity contribution in [3.8, 4) is 11.5 Å². The number of anilines is 1. The fraction of sp³-hybridized carbons (Fsp3) is 0.345. The Morgan fingerprint density at radius 1 is 1.11 bits per heavy atom. The van der Waals surface area contributed by atoms with Crippen molar-refractivity contribution < 1.29 is 28.9 Å². The molecule has 3 heterocycles. The minimum absolute atomic E-state index is 0.0695. The zero-order valence-corrected chi connectivity index (χ0v) is 21.1. The summed E-state index contributed by atoms with van der Waals surface area (Å²) in [6.07, 6.45) is 2.99. The number of aliphatic hydroxyl groups excluding tert-OH is 1. The van der Waals surface area contributed by atoms with Crippen LogP contribution in [0.1, 0.15) is 35.4 Å². The van der Waals surface area contributed by atoms with Crippen molar-refractivity contribution in [2.75, 3.05) is 19.0 Å². The quantitative estimate of drug-likeness (QED) is 0.399. The highest BCUT2D eigenvalue weighted by Gasteiger charge is 2.46. The second-order valence-corrected chi connectivity index (χ2v) is 9.53. The molecule has 3 aromatic rings. The first kappa shape index (κ1) is 25.7. The lowest BCUT2D eigenvalue weighted by Gasteiger charge is -2.37. The third kappa shape index (κ3) is 5.79. The molecule has 9 heteroatoms. The van der Waals surface area contributed by atoms with Crippen LogP contribution in [0.25, 0.3) is 0 Å². The summed E-state index contributed by atoms with van der Waals surface area (Å²) >= 11 is 0. The first-order valence-electron chi connectivity index (χ1n) is 12.7. The maximum Gasteiger partial charge on any atom is 0.228 e. The number of pyridine rings is 1. The molecule has 38 heavy (non-hydrogen) atoms. The Labute approximate surface area is 221 Å². The molecule has 2 amide bonds. The predicted octanol–water partition coefficient (Wildman–Crippen LogP) is 2.97. The Kier molecular flexibility index (Phi) is 7.86. The highest BCUT2D eigenvalue weighted by molar-refractivity contribution is 5.92. The molecular formula is C29H31N3O6. The van der Waals surface area contributed by atoms with E-state index >= 15 is 0 Å². The summed E-state index contributed by atoms with van der Waals surface area (Å²) in [4.78, 5) is 29.3. The maximum atomic E-state index is 12.8. The number of para-hydroxylation sites is 1. The number of aromatic nitrogens is 1. The molecule has 2 aliphatic rings. The fourth-order valence-electron chi connectivity index (χ4n) is 5.18. The van der Waals surface area contributed by atoms with Gasteiger partial charge in [0.2, 0.25) is 11.8 Å². The highest BCUT2D eigenvalue weighted by Crippen LogP contribution is 2.47. The standard InChI is InChI=1S/C29H31N3O6/c1-36-24-5-3-2-4-19(24)16-31-27(34)15-21-14-23-22-13-20(32-28(35)12-18-8-10-30-11-9-18)6-7-25(22)38-29(23)26(17-33)37-21/h2-11,13,21,23,26,29,33H,12,14-17H2,1H3,(H,31,34)(H,32,35)/t21-,23+,26+,29-/m1/s1. The first-order chi connectivity index (χ1) is 18.5. The summed E-state index contributed by atoms with van der Waals surface area (Å²) in [5, 5.41) is 15.9. The number of hydrogen-bond donors (Lipinski definition) is 3. The number of methoxy groups -OCH3 is 1. The summed E-state index contributed by atoms with van der Waals surface area (Å²) in [5.41, 5.74) is 3.38. The number of rotatable bonds is 9. The molecule has 2 aromatic carbocycles. The normalized spacial score (nSPS) is 21.5. The van der Waals surface area contributed by atoms with Crippen molar-refractivity contribution in [1.29, 1.82) is 0 Å². The van der Waals surface area contributed by atoms with Gasteiger partial charge in [-0.15, -0.1) is 0 Å². The van der Waals surface area contributed by atoms with Crippen LogP contribution in [-0.4, -0.2) is 53.9 Å². The summed E-state index contributed by atoms with van der Waals surface area (Å²) < 4.78 is 17.6. The van der Waals surface area contributed by atoms with Gasteiger partial charge < -0.3 is 30.0 Å². The van der Waals surface area contributed by atoms with E-state index in [0.717, 1.165) is 16.7 Å². The second-order valence-electron chi connectivity index (χ2n) is 9.53. The van der Waals surface area contributed by atoms with Crippen LogP contribution >= 0.6 is 0 Å². The van der Waals surface area contributed by atoms with Crippen molar-refractivity contribution in [2.24, 2.45) is 0 Å². The van der Waals surface area contributed by atoms with Gasteiger partial charge in [-0.05, 0) is 48.4 Å². The number of amides is 2. The van der Waals surface area contributed by atoms with Crippen LogP contribution in [-0.2, 0) is 27.3 Å². The van der Waals surface area contributed by atoms with Gasteiger partial charge in [0.15, 0.2) is 0 Å². The van der Waals surface area contributed by atoms with Crippen LogP contribution in [0.3, 0.4) is 0 Å². The number of nitrogens with zero attached hydrogens (tertiary/aromatic N) is 1. The van der Waals surface area contributed by atoms with Crippen molar-refractivity contribution in [1.82, 2.24) is 10.3 Å². The predicted molar refractivity (Wildman–Crippen MR) is 140 cm³/mol. The lowest BCUT2D eigenvalue weighted by molar-refractivity contribution is -0.142. The summed E-state index contributed by atoms with van der Waals surface area (Å²) in [5.74, 6) is 1.08. The number of nitrogens with one attached hydrogen (secondary N) is 2. The molecule has 0 bridgehead atoms. The lowest BCUT2D eigenvalue weighted by atomic mass is 9.84. The fourth-order valence-corrected chi connectivity index (χ4v) is 5.18. The van der Waals surface area contributed by atoms with Crippen LogP contribution in [0.4, 0.5) is 5.69 Å². The third-order valence-electron chi connectivity index (χ3n) is 6.98. The number of carbonyl (C=O) groups excluding carboxylic acids is 2. The smallest absolute Gasteiger partial charge is 0.228 e. The third-order valence-corrected chi connectivity index (χ3v) is 6.98.